The van der Waals surface area contributed by atoms with E-state index in [4.69, 9.17) is 0 Å². The maximum atomic E-state index is 12.1. The Morgan fingerprint density at radius 3 is 2.40 bits per heavy atom. The van der Waals surface area contributed by atoms with Gasteiger partial charge in [0.2, 0.25) is 5.91 Å². The summed E-state index contributed by atoms with van der Waals surface area (Å²) < 4.78 is 0.984. The monoisotopic (exact) mass is 357 g/mol. The average Bonchev–Trinajstić information content (AvgIpc) is 2.35. The molecule has 6 heteroatoms. The number of aliphatic carboxylic acids is 1. The van der Waals surface area contributed by atoms with Crippen molar-refractivity contribution in [3.63, 3.8) is 0 Å². The van der Waals surface area contributed by atoms with E-state index in [1.165, 1.54) is 11.8 Å². The molecule has 1 saturated carbocycles. The summed E-state index contributed by atoms with van der Waals surface area (Å²) in [5.74, 6) is -1.15. The Morgan fingerprint density at radius 1 is 1.35 bits per heavy atom. The molecule has 0 bridgehead atoms. The minimum atomic E-state index is -1.04. The molecule has 0 spiro atoms. The number of hydrogen-bond acceptors (Lipinski definition) is 3. The number of halogens is 1. The molecular formula is C14H16BrNO3S. The molecule has 1 fully saturated rings. The third-order valence-corrected chi connectivity index (χ3v) is 5.12. The van der Waals surface area contributed by atoms with E-state index in [-0.39, 0.29) is 11.2 Å². The molecule has 0 saturated heterocycles. The summed E-state index contributed by atoms with van der Waals surface area (Å²) in [4.78, 5) is 24.3. The molecule has 2 rings (SSSR count). The highest BCUT2D eigenvalue weighted by atomic mass is 79.9. The number of benzene rings is 1. The lowest BCUT2D eigenvalue weighted by Gasteiger charge is -2.38. The highest BCUT2D eigenvalue weighted by molar-refractivity contribution is 9.10. The summed E-state index contributed by atoms with van der Waals surface area (Å²) in [7, 11) is 0. The second-order valence-corrected chi connectivity index (χ2v) is 7.27. The van der Waals surface area contributed by atoms with Crippen molar-refractivity contribution in [1.82, 2.24) is 5.32 Å². The topological polar surface area (TPSA) is 66.4 Å². The Bertz CT molecular complexity index is 514. The molecule has 1 aromatic carbocycles. The van der Waals surface area contributed by atoms with E-state index in [9.17, 15) is 14.7 Å². The zero-order valence-electron chi connectivity index (χ0n) is 11.1. The predicted molar refractivity (Wildman–Crippen MR) is 81.8 cm³/mol. The second kappa shape index (κ2) is 6.18. The number of carbonyl (C=O) groups excluding carboxylic acids is 1. The number of carbonyl (C=O) groups is 2. The predicted octanol–water partition coefficient (Wildman–Crippen LogP) is 3.05. The molecule has 2 N–H and O–H groups in total. The summed E-state index contributed by atoms with van der Waals surface area (Å²) in [6.07, 6.45) is 1.88. The van der Waals surface area contributed by atoms with Gasteiger partial charge in [0.25, 0.3) is 0 Å². The van der Waals surface area contributed by atoms with Crippen molar-refractivity contribution in [1.29, 1.82) is 0 Å². The van der Waals surface area contributed by atoms with Crippen molar-refractivity contribution < 1.29 is 14.7 Å². The van der Waals surface area contributed by atoms with Crippen molar-refractivity contribution in [2.75, 3.05) is 0 Å². The molecule has 4 nitrogen and oxygen atoms in total. The van der Waals surface area contributed by atoms with Gasteiger partial charge < -0.3 is 10.4 Å². The molecule has 1 atom stereocenters. The van der Waals surface area contributed by atoms with Crippen LogP contribution >= 0.6 is 27.7 Å². The van der Waals surface area contributed by atoms with Gasteiger partial charge in [-0.2, -0.15) is 0 Å². The van der Waals surface area contributed by atoms with Crippen molar-refractivity contribution >= 4 is 39.6 Å². The largest absolute Gasteiger partial charge is 0.480 e. The fourth-order valence-electron chi connectivity index (χ4n) is 2.03. The van der Waals surface area contributed by atoms with Crippen LogP contribution in [0.3, 0.4) is 0 Å². The molecular weight excluding hydrogens is 342 g/mol. The lowest BCUT2D eigenvalue weighted by atomic mass is 9.76. The molecule has 1 unspecified atom stereocenters. The molecule has 20 heavy (non-hydrogen) atoms. The van der Waals surface area contributed by atoms with E-state index in [0.717, 1.165) is 15.8 Å². The molecule has 0 aliphatic heterocycles. The second-order valence-electron chi connectivity index (χ2n) is 4.94. The van der Waals surface area contributed by atoms with Crippen LogP contribution in [-0.4, -0.2) is 27.8 Å². The van der Waals surface area contributed by atoms with Crippen molar-refractivity contribution in [2.24, 2.45) is 0 Å². The van der Waals surface area contributed by atoms with Crippen molar-refractivity contribution in [3.8, 4) is 0 Å². The number of carboxylic acid groups (broad SMARTS) is 1. The van der Waals surface area contributed by atoms with Crippen LogP contribution in [0.2, 0.25) is 0 Å². The van der Waals surface area contributed by atoms with E-state index < -0.39 is 11.5 Å². The fraction of sp³-hybridized carbons (Fsp3) is 0.429. The van der Waals surface area contributed by atoms with Crippen LogP contribution in [0.1, 0.15) is 26.2 Å². The standard InChI is InChI=1S/C14H16BrNO3S/c1-9(20-11-5-3-10(15)4-6-11)12(17)16-14(13(18)19)7-2-8-14/h3-6,9H,2,7-8H2,1H3,(H,16,17)(H,18,19). The first-order valence-electron chi connectivity index (χ1n) is 6.41. The molecule has 1 aliphatic rings. The Kier molecular flexibility index (Phi) is 4.75. The van der Waals surface area contributed by atoms with Crippen LogP contribution < -0.4 is 5.32 Å². The Balaban J connectivity index is 1.95. The SMILES string of the molecule is CC(Sc1ccc(Br)cc1)C(=O)NC1(C(=O)O)CCC1. The van der Waals surface area contributed by atoms with Crippen LogP contribution in [-0.2, 0) is 9.59 Å². The fourth-order valence-corrected chi connectivity index (χ4v) is 3.16. The Labute approximate surface area is 130 Å². The van der Waals surface area contributed by atoms with Gasteiger partial charge in [0.05, 0.1) is 5.25 Å². The Morgan fingerprint density at radius 2 is 1.95 bits per heavy atom. The van der Waals surface area contributed by atoms with E-state index >= 15 is 0 Å². The number of hydrogen-bond donors (Lipinski definition) is 2. The van der Waals surface area contributed by atoms with Gasteiger partial charge in [-0.25, -0.2) is 4.79 Å². The molecule has 0 radical (unpaired) electrons. The number of thioether (sulfide) groups is 1. The first-order valence-corrected chi connectivity index (χ1v) is 8.08. The summed E-state index contributed by atoms with van der Waals surface area (Å²) in [6.45, 7) is 1.79. The van der Waals surface area contributed by atoms with Crippen LogP contribution in [0.25, 0.3) is 0 Å². The van der Waals surface area contributed by atoms with Crippen LogP contribution in [0.4, 0.5) is 0 Å². The van der Waals surface area contributed by atoms with Crippen LogP contribution in [0.15, 0.2) is 33.6 Å². The number of rotatable bonds is 5. The van der Waals surface area contributed by atoms with Crippen molar-refractivity contribution in [2.45, 2.75) is 41.9 Å². The quantitative estimate of drug-likeness (QED) is 0.794. The lowest BCUT2D eigenvalue weighted by molar-refractivity contribution is -0.151. The van der Waals surface area contributed by atoms with Gasteiger partial charge in [0, 0.05) is 9.37 Å². The van der Waals surface area contributed by atoms with E-state index in [1.807, 2.05) is 24.3 Å². The zero-order valence-corrected chi connectivity index (χ0v) is 13.5. The van der Waals surface area contributed by atoms with E-state index in [0.29, 0.717) is 12.8 Å². The zero-order chi connectivity index (χ0) is 14.8. The van der Waals surface area contributed by atoms with Gasteiger partial charge in [0.15, 0.2) is 0 Å². The third kappa shape index (κ3) is 3.35. The number of nitrogens with one attached hydrogen (secondary N) is 1. The van der Waals surface area contributed by atoms with E-state index in [2.05, 4.69) is 21.2 Å². The van der Waals surface area contributed by atoms with Crippen molar-refractivity contribution in [3.05, 3.63) is 28.7 Å². The summed E-state index contributed by atoms with van der Waals surface area (Å²) in [5, 5.41) is 11.6. The number of amides is 1. The van der Waals surface area contributed by atoms with Gasteiger partial charge in [0.1, 0.15) is 5.54 Å². The van der Waals surface area contributed by atoms with E-state index in [1.54, 1.807) is 6.92 Å². The first kappa shape index (κ1) is 15.4. The molecule has 1 aliphatic carbocycles. The highest BCUT2D eigenvalue weighted by Crippen LogP contribution is 2.33. The van der Waals surface area contributed by atoms with Gasteiger partial charge >= 0.3 is 5.97 Å². The van der Waals surface area contributed by atoms with Crippen LogP contribution in [0, 0.1) is 0 Å². The molecule has 1 amide bonds. The van der Waals surface area contributed by atoms with Gasteiger partial charge in [-0.1, -0.05) is 15.9 Å². The summed E-state index contributed by atoms with van der Waals surface area (Å²) in [6, 6.07) is 7.68. The maximum absolute atomic E-state index is 12.1. The lowest BCUT2D eigenvalue weighted by Crippen LogP contribution is -2.60. The smallest absolute Gasteiger partial charge is 0.329 e. The normalized spacial score (nSPS) is 17.9. The third-order valence-electron chi connectivity index (χ3n) is 3.47. The molecule has 1 aromatic rings. The minimum absolute atomic E-state index is 0.222. The molecule has 108 valence electrons. The summed E-state index contributed by atoms with van der Waals surface area (Å²) in [5.41, 5.74) is -1.04. The summed E-state index contributed by atoms with van der Waals surface area (Å²) >= 11 is 4.78. The molecule has 0 heterocycles. The highest BCUT2D eigenvalue weighted by Gasteiger charge is 2.46. The Hall–Kier alpha value is -1.01. The van der Waals surface area contributed by atoms with Gasteiger partial charge in [-0.05, 0) is 50.5 Å². The van der Waals surface area contributed by atoms with Gasteiger partial charge in [-0.3, -0.25) is 4.79 Å². The molecule has 0 aromatic heterocycles. The van der Waals surface area contributed by atoms with Gasteiger partial charge in [-0.15, -0.1) is 11.8 Å². The number of carboxylic acids is 1. The maximum Gasteiger partial charge on any atom is 0.329 e. The average molecular weight is 358 g/mol. The minimum Gasteiger partial charge on any atom is -0.480 e. The first-order chi connectivity index (χ1) is 9.43. The van der Waals surface area contributed by atoms with Crippen LogP contribution in [0.5, 0.6) is 0 Å².